The number of ether oxygens (including phenoxy) is 1. The van der Waals surface area contributed by atoms with Gasteiger partial charge in [0.05, 0.1) is 6.20 Å². The number of carbonyl (C=O) groups is 1. The Morgan fingerprint density at radius 2 is 2.19 bits per heavy atom. The first-order chi connectivity index (χ1) is 12.4. The minimum absolute atomic E-state index is 0.290. The molecule has 3 heterocycles. The van der Waals surface area contributed by atoms with E-state index in [2.05, 4.69) is 15.3 Å². The predicted molar refractivity (Wildman–Crippen MR) is 94.3 cm³/mol. The molecule has 0 bridgehead atoms. The van der Waals surface area contributed by atoms with Gasteiger partial charge in [0.2, 0.25) is 0 Å². The van der Waals surface area contributed by atoms with Gasteiger partial charge in [-0.2, -0.15) is 5.26 Å². The molecule has 2 aromatic rings. The zero-order valence-electron chi connectivity index (χ0n) is 15.0. The van der Waals surface area contributed by atoms with Crippen molar-refractivity contribution in [2.45, 2.75) is 32.8 Å². The van der Waals surface area contributed by atoms with E-state index in [0.29, 0.717) is 25.2 Å². The Morgan fingerprint density at radius 3 is 2.85 bits per heavy atom. The second-order valence-corrected chi connectivity index (χ2v) is 6.94. The number of nitriles is 1. The SMILES string of the molecule is CC(C)(C)OC(=O)N1CC=C(c2cn(-c3cccnc3C#N)nn2)CC1. The first-order valence-corrected chi connectivity index (χ1v) is 8.32. The minimum Gasteiger partial charge on any atom is -0.444 e. The van der Waals surface area contributed by atoms with Crippen LogP contribution in [0, 0.1) is 11.3 Å². The molecule has 0 saturated heterocycles. The number of nitrogens with zero attached hydrogens (tertiary/aromatic N) is 6. The summed E-state index contributed by atoms with van der Waals surface area (Å²) in [7, 11) is 0. The van der Waals surface area contributed by atoms with E-state index in [-0.39, 0.29) is 11.8 Å². The second kappa shape index (κ2) is 6.96. The molecule has 2 aromatic heterocycles. The highest BCUT2D eigenvalue weighted by molar-refractivity contribution is 5.71. The quantitative estimate of drug-likeness (QED) is 0.824. The largest absolute Gasteiger partial charge is 0.444 e. The van der Waals surface area contributed by atoms with Gasteiger partial charge in [-0.3, -0.25) is 0 Å². The van der Waals surface area contributed by atoms with Gasteiger partial charge < -0.3 is 9.64 Å². The van der Waals surface area contributed by atoms with E-state index in [9.17, 15) is 4.79 Å². The molecular weight excluding hydrogens is 332 g/mol. The van der Waals surface area contributed by atoms with Crippen LogP contribution in [0.15, 0.2) is 30.6 Å². The Morgan fingerprint density at radius 1 is 1.38 bits per heavy atom. The molecule has 0 fully saturated rings. The molecule has 0 aromatic carbocycles. The molecule has 0 aliphatic carbocycles. The summed E-state index contributed by atoms with van der Waals surface area (Å²) < 4.78 is 6.94. The van der Waals surface area contributed by atoms with Crippen molar-refractivity contribution in [3.8, 4) is 11.8 Å². The second-order valence-electron chi connectivity index (χ2n) is 6.94. The highest BCUT2D eigenvalue weighted by Gasteiger charge is 2.24. The minimum atomic E-state index is -0.508. The van der Waals surface area contributed by atoms with Crippen LogP contribution in [0.2, 0.25) is 0 Å². The monoisotopic (exact) mass is 352 g/mol. The maximum Gasteiger partial charge on any atom is 0.410 e. The zero-order valence-corrected chi connectivity index (χ0v) is 15.0. The molecule has 8 nitrogen and oxygen atoms in total. The summed E-state index contributed by atoms with van der Waals surface area (Å²) in [5.74, 6) is 0. The smallest absolute Gasteiger partial charge is 0.410 e. The van der Waals surface area contributed by atoms with Crippen LogP contribution in [0.3, 0.4) is 0 Å². The molecule has 0 spiro atoms. The fourth-order valence-corrected chi connectivity index (χ4v) is 2.59. The van der Waals surface area contributed by atoms with Gasteiger partial charge in [-0.15, -0.1) is 5.10 Å². The van der Waals surface area contributed by atoms with E-state index < -0.39 is 5.60 Å². The third kappa shape index (κ3) is 3.88. The van der Waals surface area contributed by atoms with Crippen LogP contribution in [0.25, 0.3) is 11.3 Å². The molecule has 0 saturated carbocycles. The summed E-state index contributed by atoms with van der Waals surface area (Å²) in [5, 5.41) is 17.5. The number of pyridine rings is 1. The third-order valence-electron chi connectivity index (χ3n) is 3.82. The van der Waals surface area contributed by atoms with E-state index in [1.807, 2.05) is 32.9 Å². The van der Waals surface area contributed by atoms with Crippen molar-refractivity contribution in [3.05, 3.63) is 42.0 Å². The summed E-state index contributed by atoms with van der Waals surface area (Å²) in [5.41, 5.74) is 2.10. The number of hydrogen-bond donors (Lipinski definition) is 0. The normalized spacial score (nSPS) is 14.5. The lowest BCUT2D eigenvalue weighted by Gasteiger charge is -2.29. The molecule has 0 N–H and O–H groups in total. The van der Waals surface area contributed by atoms with Crippen LogP contribution >= 0.6 is 0 Å². The molecule has 26 heavy (non-hydrogen) atoms. The van der Waals surface area contributed by atoms with Gasteiger partial charge in [-0.1, -0.05) is 11.3 Å². The fraction of sp³-hybridized carbons (Fsp3) is 0.389. The van der Waals surface area contributed by atoms with Crippen LogP contribution in [0.4, 0.5) is 4.79 Å². The Balaban J connectivity index is 1.73. The standard InChI is InChI=1S/C18H20N6O2/c1-18(2,3)26-17(25)23-9-6-13(7-10-23)15-12-24(22-21-15)16-5-4-8-20-14(16)11-19/h4-6,8,12H,7,9-10H2,1-3H3. The highest BCUT2D eigenvalue weighted by Crippen LogP contribution is 2.22. The van der Waals surface area contributed by atoms with E-state index >= 15 is 0 Å². The number of aromatic nitrogens is 4. The van der Waals surface area contributed by atoms with Gasteiger partial charge in [-0.25, -0.2) is 14.5 Å². The van der Waals surface area contributed by atoms with Crippen LogP contribution in [0.1, 0.15) is 38.6 Å². The van der Waals surface area contributed by atoms with Crippen molar-refractivity contribution < 1.29 is 9.53 Å². The predicted octanol–water partition coefficient (Wildman–Crippen LogP) is 2.56. The van der Waals surface area contributed by atoms with E-state index in [1.165, 1.54) is 0 Å². The first kappa shape index (κ1) is 17.6. The lowest BCUT2D eigenvalue weighted by atomic mass is 10.1. The fourth-order valence-electron chi connectivity index (χ4n) is 2.59. The molecule has 1 amide bonds. The van der Waals surface area contributed by atoms with Gasteiger partial charge >= 0.3 is 6.09 Å². The molecule has 1 aliphatic rings. The summed E-state index contributed by atoms with van der Waals surface area (Å²) in [6.45, 7) is 6.57. The van der Waals surface area contributed by atoms with E-state index in [1.54, 1.807) is 34.1 Å². The van der Waals surface area contributed by atoms with Crippen LogP contribution < -0.4 is 0 Å². The van der Waals surface area contributed by atoms with Crippen LogP contribution in [-0.4, -0.2) is 49.7 Å². The topological polar surface area (TPSA) is 96.9 Å². The summed E-state index contributed by atoms with van der Waals surface area (Å²) >= 11 is 0. The summed E-state index contributed by atoms with van der Waals surface area (Å²) in [6.07, 6.45) is 5.64. The van der Waals surface area contributed by atoms with Crippen molar-refractivity contribution >= 4 is 11.7 Å². The number of rotatable bonds is 2. The molecule has 8 heteroatoms. The van der Waals surface area contributed by atoms with Gasteiger partial charge in [0.1, 0.15) is 23.1 Å². The number of hydrogen-bond acceptors (Lipinski definition) is 6. The summed E-state index contributed by atoms with van der Waals surface area (Å²) in [6, 6.07) is 5.56. The molecule has 134 valence electrons. The number of carbonyl (C=O) groups excluding carboxylic acids is 1. The third-order valence-corrected chi connectivity index (χ3v) is 3.82. The molecular formula is C18H20N6O2. The molecule has 0 unspecified atom stereocenters. The van der Waals surface area contributed by atoms with E-state index in [0.717, 1.165) is 11.3 Å². The van der Waals surface area contributed by atoms with Crippen LogP contribution in [0.5, 0.6) is 0 Å². The Hall–Kier alpha value is -3.21. The van der Waals surface area contributed by atoms with Crippen molar-refractivity contribution in [2.75, 3.05) is 13.1 Å². The lowest BCUT2D eigenvalue weighted by Crippen LogP contribution is -2.39. The molecule has 0 atom stereocenters. The van der Waals surface area contributed by atoms with E-state index in [4.69, 9.17) is 10.00 Å². The number of amides is 1. The van der Waals surface area contributed by atoms with Crippen molar-refractivity contribution in [2.24, 2.45) is 0 Å². The lowest BCUT2D eigenvalue weighted by molar-refractivity contribution is 0.0270. The van der Waals surface area contributed by atoms with Crippen molar-refractivity contribution in [1.29, 1.82) is 5.26 Å². The van der Waals surface area contributed by atoms with Gasteiger partial charge in [0.25, 0.3) is 0 Å². The first-order valence-electron chi connectivity index (χ1n) is 8.32. The summed E-state index contributed by atoms with van der Waals surface area (Å²) in [4.78, 5) is 17.8. The Bertz CT molecular complexity index is 888. The highest BCUT2D eigenvalue weighted by atomic mass is 16.6. The zero-order chi connectivity index (χ0) is 18.7. The maximum absolute atomic E-state index is 12.1. The van der Waals surface area contributed by atoms with Gasteiger partial charge in [0, 0.05) is 19.3 Å². The molecule has 1 aliphatic heterocycles. The maximum atomic E-state index is 12.1. The molecule has 0 radical (unpaired) electrons. The Kier molecular flexibility index (Phi) is 4.71. The van der Waals surface area contributed by atoms with Gasteiger partial charge in [0.15, 0.2) is 5.69 Å². The average Bonchev–Trinajstić information content (AvgIpc) is 3.10. The Labute approximate surface area is 151 Å². The molecule has 3 rings (SSSR count). The van der Waals surface area contributed by atoms with Crippen molar-refractivity contribution in [3.63, 3.8) is 0 Å². The van der Waals surface area contributed by atoms with Crippen molar-refractivity contribution in [1.82, 2.24) is 24.9 Å². The van der Waals surface area contributed by atoms with Crippen LogP contribution in [-0.2, 0) is 4.74 Å². The van der Waals surface area contributed by atoms with Gasteiger partial charge in [-0.05, 0) is 44.9 Å². The average molecular weight is 352 g/mol.